The van der Waals surface area contributed by atoms with Gasteiger partial charge < -0.3 is 4.90 Å². The number of halogens is 1. The number of hydrogen-bond acceptors (Lipinski definition) is 4. The van der Waals surface area contributed by atoms with Crippen LogP contribution in [-0.2, 0) is 4.79 Å². The zero-order chi connectivity index (χ0) is 19.7. The molecule has 0 bridgehead atoms. The number of carbonyl (C=O) groups is 1. The summed E-state index contributed by atoms with van der Waals surface area (Å²) < 4.78 is 1.71. The second-order valence-corrected chi connectivity index (χ2v) is 7.46. The lowest BCUT2D eigenvalue weighted by Gasteiger charge is -2.08. The summed E-state index contributed by atoms with van der Waals surface area (Å²) in [6, 6.07) is 15.2. The number of likely N-dealkylation sites (N-methyl/N-ethyl adjacent to an activating group) is 1. The minimum atomic E-state index is -0.147. The van der Waals surface area contributed by atoms with Gasteiger partial charge in [-0.25, -0.2) is 4.68 Å². The third-order valence-electron chi connectivity index (χ3n) is 4.39. The fourth-order valence-electron chi connectivity index (χ4n) is 3.04. The third-order valence-corrected chi connectivity index (χ3v) is 5.48. The van der Waals surface area contributed by atoms with Gasteiger partial charge in [0.1, 0.15) is 0 Å². The van der Waals surface area contributed by atoms with Crippen molar-refractivity contribution < 1.29 is 4.79 Å². The summed E-state index contributed by atoms with van der Waals surface area (Å²) in [5, 5.41) is 7.33. The molecule has 1 aliphatic heterocycles. The molecule has 2 aromatic carbocycles. The highest BCUT2D eigenvalue weighted by Crippen LogP contribution is 2.29. The van der Waals surface area contributed by atoms with Gasteiger partial charge in [-0.2, -0.15) is 5.10 Å². The zero-order valence-corrected chi connectivity index (χ0v) is 16.7. The molecule has 3 aromatic rings. The Hall–Kier alpha value is -2.96. The molecule has 28 heavy (non-hydrogen) atoms. The van der Waals surface area contributed by atoms with Crippen LogP contribution in [0.4, 0.5) is 5.69 Å². The monoisotopic (exact) mass is 408 g/mol. The highest BCUT2D eigenvalue weighted by atomic mass is 35.5. The number of carbonyl (C=O) groups excluding carboxylic acids is 1. The Kier molecular flexibility index (Phi) is 4.98. The molecule has 0 fully saturated rings. The number of hydrogen-bond donors (Lipinski definition) is 0. The standard InChI is InChI=1S/C21H17ClN4OS/c1-3-11-23-21-26(18(13-28-21)14-7-6-8-15(22)12-14)24-19-16-9-4-5-10-17(16)25(2)20(19)27/h3-10,12-13H,1,11H2,2H3. The first-order valence-corrected chi connectivity index (χ1v) is 9.90. The number of rotatable bonds is 4. The Labute approximate surface area is 171 Å². The third kappa shape index (κ3) is 3.21. The van der Waals surface area contributed by atoms with E-state index in [4.69, 9.17) is 16.7 Å². The Balaban J connectivity index is 1.94. The van der Waals surface area contributed by atoms with Gasteiger partial charge in [-0.05, 0) is 18.2 Å². The Bertz CT molecular complexity index is 1170. The van der Waals surface area contributed by atoms with Crippen molar-refractivity contribution in [2.24, 2.45) is 10.1 Å². The molecule has 5 nitrogen and oxygen atoms in total. The predicted molar refractivity (Wildman–Crippen MR) is 115 cm³/mol. The summed E-state index contributed by atoms with van der Waals surface area (Å²) in [6.45, 7) is 4.19. The molecule has 140 valence electrons. The number of amides is 1. The summed E-state index contributed by atoms with van der Waals surface area (Å²) in [6.07, 6.45) is 1.72. The SMILES string of the molecule is C=CCN=c1scc(-c2cccc(Cl)c2)n1N=C1C(=O)N(C)c2ccccc21. The molecule has 0 atom stereocenters. The van der Waals surface area contributed by atoms with E-state index in [-0.39, 0.29) is 5.91 Å². The van der Waals surface area contributed by atoms with Crippen LogP contribution in [0.3, 0.4) is 0 Å². The quantitative estimate of drug-likeness (QED) is 0.597. The maximum Gasteiger partial charge on any atom is 0.279 e. The van der Waals surface area contributed by atoms with Crippen LogP contribution in [-0.4, -0.2) is 29.9 Å². The minimum Gasteiger partial charge on any atom is -0.309 e. The van der Waals surface area contributed by atoms with Gasteiger partial charge in [0.25, 0.3) is 5.91 Å². The van der Waals surface area contributed by atoms with Crippen LogP contribution < -0.4 is 9.70 Å². The number of benzene rings is 2. The van der Waals surface area contributed by atoms with E-state index < -0.39 is 0 Å². The van der Waals surface area contributed by atoms with Gasteiger partial charge in [0.15, 0.2) is 5.71 Å². The molecule has 1 aliphatic rings. The van der Waals surface area contributed by atoms with Crippen LogP contribution in [0, 0.1) is 0 Å². The molecule has 1 aromatic heterocycles. The number of anilines is 1. The maximum atomic E-state index is 12.8. The Morgan fingerprint density at radius 3 is 2.82 bits per heavy atom. The van der Waals surface area contributed by atoms with Crippen LogP contribution in [0.15, 0.2) is 76.7 Å². The summed E-state index contributed by atoms with van der Waals surface area (Å²) in [5.41, 5.74) is 3.76. The first-order valence-electron chi connectivity index (χ1n) is 8.64. The van der Waals surface area contributed by atoms with E-state index in [0.717, 1.165) is 22.5 Å². The van der Waals surface area contributed by atoms with Gasteiger partial charge >= 0.3 is 0 Å². The van der Waals surface area contributed by atoms with Crippen LogP contribution >= 0.6 is 22.9 Å². The molecule has 0 aliphatic carbocycles. The predicted octanol–water partition coefficient (Wildman–Crippen LogP) is 4.19. The smallest absolute Gasteiger partial charge is 0.279 e. The molecular weight excluding hydrogens is 392 g/mol. The van der Waals surface area contributed by atoms with Crippen LogP contribution in [0.1, 0.15) is 5.56 Å². The molecule has 0 unspecified atom stereocenters. The average Bonchev–Trinajstić information content (AvgIpc) is 3.21. The summed E-state index contributed by atoms with van der Waals surface area (Å²) >= 11 is 7.63. The Morgan fingerprint density at radius 1 is 1.21 bits per heavy atom. The number of aromatic nitrogens is 1. The zero-order valence-electron chi connectivity index (χ0n) is 15.2. The van der Waals surface area contributed by atoms with E-state index in [0.29, 0.717) is 22.1 Å². The van der Waals surface area contributed by atoms with Crippen molar-refractivity contribution in [3.05, 3.63) is 82.0 Å². The van der Waals surface area contributed by atoms with E-state index in [9.17, 15) is 4.79 Å². The fourth-order valence-corrected chi connectivity index (χ4v) is 4.07. The minimum absolute atomic E-state index is 0.147. The van der Waals surface area contributed by atoms with Gasteiger partial charge in [-0.15, -0.1) is 17.9 Å². The number of nitrogens with zero attached hydrogens (tertiary/aromatic N) is 4. The largest absolute Gasteiger partial charge is 0.309 e. The van der Waals surface area contributed by atoms with Gasteiger partial charge in [0.05, 0.1) is 17.9 Å². The van der Waals surface area contributed by atoms with Gasteiger partial charge in [-0.3, -0.25) is 9.79 Å². The van der Waals surface area contributed by atoms with E-state index in [1.54, 1.807) is 22.7 Å². The topological polar surface area (TPSA) is 50.0 Å². The molecule has 0 radical (unpaired) electrons. The normalized spacial score (nSPS) is 15.4. The van der Waals surface area contributed by atoms with E-state index in [1.165, 1.54) is 11.3 Å². The molecule has 0 spiro atoms. The van der Waals surface area contributed by atoms with Gasteiger partial charge in [-0.1, -0.05) is 48.0 Å². The summed E-state index contributed by atoms with van der Waals surface area (Å²) in [7, 11) is 1.75. The van der Waals surface area contributed by atoms with Crippen molar-refractivity contribution in [3.63, 3.8) is 0 Å². The average molecular weight is 409 g/mol. The van der Waals surface area contributed by atoms with Crippen molar-refractivity contribution in [2.75, 3.05) is 18.5 Å². The summed E-state index contributed by atoms with van der Waals surface area (Å²) in [5.74, 6) is -0.147. The molecule has 0 saturated carbocycles. The van der Waals surface area contributed by atoms with Crippen molar-refractivity contribution in [3.8, 4) is 11.3 Å². The number of thiazole rings is 1. The van der Waals surface area contributed by atoms with Gasteiger partial charge in [0.2, 0.25) is 4.80 Å². The van der Waals surface area contributed by atoms with Crippen molar-refractivity contribution >= 4 is 40.2 Å². The number of para-hydroxylation sites is 1. The van der Waals surface area contributed by atoms with E-state index in [2.05, 4.69) is 11.6 Å². The molecule has 1 amide bonds. The maximum absolute atomic E-state index is 12.8. The lowest BCUT2D eigenvalue weighted by atomic mass is 10.1. The van der Waals surface area contributed by atoms with Crippen molar-refractivity contribution in [1.29, 1.82) is 0 Å². The molecule has 2 heterocycles. The second kappa shape index (κ2) is 7.58. The van der Waals surface area contributed by atoms with Crippen molar-refractivity contribution in [2.45, 2.75) is 0 Å². The molecule has 7 heteroatoms. The van der Waals surface area contributed by atoms with Crippen molar-refractivity contribution in [1.82, 2.24) is 4.68 Å². The van der Waals surface area contributed by atoms with Crippen LogP contribution in [0.5, 0.6) is 0 Å². The van der Waals surface area contributed by atoms with E-state index >= 15 is 0 Å². The van der Waals surface area contributed by atoms with E-state index in [1.807, 2.05) is 53.9 Å². The number of fused-ring (bicyclic) bond motifs is 1. The molecule has 0 saturated heterocycles. The molecule has 4 rings (SSSR count). The highest BCUT2D eigenvalue weighted by molar-refractivity contribution is 7.07. The van der Waals surface area contributed by atoms with Gasteiger partial charge in [0, 0.05) is 28.6 Å². The molecular formula is C21H17ClN4OS. The molecule has 0 N–H and O–H groups in total. The highest BCUT2D eigenvalue weighted by Gasteiger charge is 2.31. The Morgan fingerprint density at radius 2 is 2.04 bits per heavy atom. The summed E-state index contributed by atoms with van der Waals surface area (Å²) in [4.78, 5) is 19.7. The van der Waals surface area contributed by atoms with Crippen LogP contribution in [0.2, 0.25) is 5.02 Å². The fraction of sp³-hybridized carbons (Fsp3) is 0.0952. The lowest BCUT2D eigenvalue weighted by Crippen LogP contribution is -2.27. The second-order valence-electron chi connectivity index (χ2n) is 6.18. The first-order chi connectivity index (χ1) is 13.6. The van der Waals surface area contributed by atoms with Crippen LogP contribution in [0.25, 0.3) is 11.3 Å². The lowest BCUT2D eigenvalue weighted by molar-refractivity contribution is -0.112. The first kappa shape index (κ1) is 18.4.